The molecule has 0 spiro atoms. The zero-order valence-corrected chi connectivity index (χ0v) is 18.9. The second kappa shape index (κ2) is 11.1. The second-order valence-electron chi connectivity index (χ2n) is 8.23. The molecule has 170 valence electrons. The van der Waals surface area contributed by atoms with Gasteiger partial charge in [-0.2, -0.15) is 0 Å². The standard InChI is InChI=1S/C24H28ClN3O4/c1-17(24(30)26-21-11-3-2-4-12-21)27(16-18-8-7-10-20(25)14-18)23(29)15-19-9-5-6-13-22(19)28(31)32/h5-10,13-14,17,21H,2-4,11-12,15-16H2,1H3,(H,26,30)/t17-/m0/s1. The van der Waals surface area contributed by atoms with Crippen molar-refractivity contribution in [2.24, 2.45) is 0 Å². The van der Waals surface area contributed by atoms with Crippen molar-refractivity contribution in [1.82, 2.24) is 10.2 Å². The van der Waals surface area contributed by atoms with Gasteiger partial charge in [-0.15, -0.1) is 0 Å². The zero-order chi connectivity index (χ0) is 23.1. The van der Waals surface area contributed by atoms with Gasteiger partial charge in [0.15, 0.2) is 0 Å². The normalized spacial score (nSPS) is 15.1. The Balaban J connectivity index is 1.81. The molecule has 3 rings (SSSR count). The quantitative estimate of drug-likeness (QED) is 0.461. The molecular weight excluding hydrogens is 430 g/mol. The molecule has 0 aromatic heterocycles. The lowest BCUT2D eigenvalue weighted by atomic mass is 9.95. The predicted molar refractivity (Wildman–Crippen MR) is 123 cm³/mol. The highest BCUT2D eigenvalue weighted by atomic mass is 35.5. The van der Waals surface area contributed by atoms with Gasteiger partial charge >= 0.3 is 0 Å². The van der Waals surface area contributed by atoms with Crippen molar-refractivity contribution in [2.45, 2.75) is 64.1 Å². The van der Waals surface area contributed by atoms with E-state index in [4.69, 9.17) is 11.6 Å². The summed E-state index contributed by atoms with van der Waals surface area (Å²) in [7, 11) is 0. The average molecular weight is 458 g/mol. The Morgan fingerprint density at radius 3 is 2.56 bits per heavy atom. The van der Waals surface area contributed by atoms with Crippen LogP contribution in [0.25, 0.3) is 0 Å². The molecular formula is C24H28ClN3O4. The minimum absolute atomic E-state index is 0.108. The van der Waals surface area contributed by atoms with Crippen molar-refractivity contribution in [2.75, 3.05) is 0 Å². The predicted octanol–water partition coefficient (Wildman–Crippen LogP) is 4.66. The van der Waals surface area contributed by atoms with Crippen LogP contribution < -0.4 is 5.32 Å². The molecule has 1 saturated carbocycles. The highest BCUT2D eigenvalue weighted by Crippen LogP contribution is 2.22. The fraction of sp³-hybridized carbons (Fsp3) is 0.417. The van der Waals surface area contributed by atoms with Crippen molar-refractivity contribution >= 4 is 29.1 Å². The third-order valence-electron chi connectivity index (χ3n) is 5.89. The van der Waals surface area contributed by atoms with E-state index in [0.29, 0.717) is 10.6 Å². The molecule has 1 aliphatic rings. The van der Waals surface area contributed by atoms with Crippen LogP contribution in [0, 0.1) is 10.1 Å². The SMILES string of the molecule is C[C@@H](C(=O)NC1CCCCC1)N(Cc1cccc(Cl)c1)C(=O)Cc1ccccc1[N+](=O)[O-]. The molecule has 0 aliphatic heterocycles. The van der Waals surface area contributed by atoms with E-state index in [1.807, 2.05) is 6.07 Å². The van der Waals surface area contributed by atoms with Crippen LogP contribution in [0.5, 0.6) is 0 Å². The Bertz CT molecular complexity index is 975. The summed E-state index contributed by atoms with van der Waals surface area (Å²) in [5, 5.41) is 15.0. The van der Waals surface area contributed by atoms with E-state index in [9.17, 15) is 19.7 Å². The Morgan fingerprint density at radius 1 is 1.16 bits per heavy atom. The van der Waals surface area contributed by atoms with E-state index in [2.05, 4.69) is 5.32 Å². The molecule has 0 bridgehead atoms. The fourth-order valence-electron chi connectivity index (χ4n) is 4.09. The maximum Gasteiger partial charge on any atom is 0.273 e. The minimum Gasteiger partial charge on any atom is -0.352 e. The summed E-state index contributed by atoms with van der Waals surface area (Å²) in [6.45, 7) is 1.87. The first-order valence-electron chi connectivity index (χ1n) is 10.9. The number of rotatable bonds is 8. The smallest absolute Gasteiger partial charge is 0.273 e. The molecule has 0 heterocycles. The molecule has 1 N–H and O–H groups in total. The van der Waals surface area contributed by atoms with Crippen LogP contribution in [0.15, 0.2) is 48.5 Å². The van der Waals surface area contributed by atoms with Gasteiger partial charge in [-0.1, -0.05) is 61.2 Å². The van der Waals surface area contributed by atoms with E-state index in [1.165, 1.54) is 17.4 Å². The molecule has 1 atom stereocenters. The molecule has 7 nitrogen and oxygen atoms in total. The number of nitrogens with one attached hydrogen (secondary N) is 1. The molecule has 8 heteroatoms. The largest absolute Gasteiger partial charge is 0.352 e. The lowest BCUT2D eigenvalue weighted by Gasteiger charge is -2.31. The van der Waals surface area contributed by atoms with Gasteiger partial charge in [-0.05, 0) is 37.5 Å². The van der Waals surface area contributed by atoms with E-state index >= 15 is 0 Å². The van der Waals surface area contributed by atoms with Crippen LogP contribution in [-0.2, 0) is 22.6 Å². The number of carbonyl (C=O) groups is 2. The second-order valence-corrected chi connectivity index (χ2v) is 8.67. The van der Waals surface area contributed by atoms with E-state index < -0.39 is 11.0 Å². The Kier molecular flexibility index (Phi) is 8.22. The number of benzene rings is 2. The molecule has 0 radical (unpaired) electrons. The van der Waals surface area contributed by atoms with Crippen LogP contribution in [0.1, 0.15) is 50.2 Å². The van der Waals surface area contributed by atoms with Gasteiger partial charge in [0.1, 0.15) is 6.04 Å². The van der Waals surface area contributed by atoms with Crippen molar-refractivity contribution in [3.63, 3.8) is 0 Å². The average Bonchev–Trinajstić information content (AvgIpc) is 2.78. The number of nitro groups is 1. The number of hydrogen-bond acceptors (Lipinski definition) is 4. The topological polar surface area (TPSA) is 92.6 Å². The summed E-state index contributed by atoms with van der Waals surface area (Å²) in [6, 6.07) is 12.7. The number of para-hydroxylation sites is 1. The highest BCUT2D eigenvalue weighted by Gasteiger charge is 2.29. The van der Waals surface area contributed by atoms with Crippen LogP contribution in [0.3, 0.4) is 0 Å². The number of halogens is 1. The summed E-state index contributed by atoms with van der Waals surface area (Å²) < 4.78 is 0. The molecule has 0 unspecified atom stereocenters. The van der Waals surface area contributed by atoms with Crippen molar-refractivity contribution in [3.05, 3.63) is 74.8 Å². The fourth-order valence-corrected chi connectivity index (χ4v) is 4.30. The third-order valence-corrected chi connectivity index (χ3v) is 6.13. The Labute approximate surface area is 192 Å². The molecule has 2 aromatic carbocycles. The monoisotopic (exact) mass is 457 g/mol. The number of nitrogens with zero attached hydrogens (tertiary/aromatic N) is 2. The third kappa shape index (κ3) is 6.29. The number of nitro benzene ring substituents is 1. The summed E-state index contributed by atoms with van der Waals surface area (Å²) in [6.07, 6.45) is 5.06. The first-order valence-corrected chi connectivity index (χ1v) is 11.3. The Hall–Kier alpha value is -2.93. The van der Waals surface area contributed by atoms with Gasteiger partial charge in [0.2, 0.25) is 11.8 Å². The van der Waals surface area contributed by atoms with Gasteiger partial charge in [-0.3, -0.25) is 19.7 Å². The molecule has 2 amide bonds. The van der Waals surface area contributed by atoms with E-state index in [-0.39, 0.29) is 36.5 Å². The van der Waals surface area contributed by atoms with E-state index in [1.54, 1.807) is 43.3 Å². The van der Waals surface area contributed by atoms with Gasteiger partial charge < -0.3 is 10.2 Å². The van der Waals surface area contributed by atoms with Crippen LogP contribution >= 0.6 is 11.6 Å². The lowest BCUT2D eigenvalue weighted by Crippen LogP contribution is -2.50. The first kappa shape index (κ1) is 23.7. The summed E-state index contributed by atoms with van der Waals surface area (Å²) in [5.41, 5.74) is 0.993. The summed E-state index contributed by atoms with van der Waals surface area (Å²) in [4.78, 5) is 38.7. The summed E-state index contributed by atoms with van der Waals surface area (Å²) >= 11 is 6.11. The molecule has 32 heavy (non-hydrogen) atoms. The zero-order valence-electron chi connectivity index (χ0n) is 18.1. The van der Waals surface area contributed by atoms with Crippen LogP contribution in [0.2, 0.25) is 5.02 Å². The molecule has 1 fully saturated rings. The van der Waals surface area contributed by atoms with Crippen molar-refractivity contribution < 1.29 is 14.5 Å². The van der Waals surface area contributed by atoms with Gasteiger partial charge in [0.25, 0.3) is 5.69 Å². The van der Waals surface area contributed by atoms with Gasteiger partial charge in [0, 0.05) is 29.2 Å². The van der Waals surface area contributed by atoms with Crippen LogP contribution in [-0.4, -0.2) is 33.7 Å². The highest BCUT2D eigenvalue weighted by molar-refractivity contribution is 6.30. The molecule has 2 aromatic rings. The Morgan fingerprint density at radius 2 is 1.88 bits per heavy atom. The number of carbonyl (C=O) groups excluding carboxylic acids is 2. The maximum absolute atomic E-state index is 13.3. The minimum atomic E-state index is -0.730. The maximum atomic E-state index is 13.3. The van der Waals surface area contributed by atoms with Crippen LogP contribution in [0.4, 0.5) is 5.69 Å². The molecule has 1 aliphatic carbocycles. The molecule has 0 saturated heterocycles. The summed E-state index contributed by atoms with van der Waals surface area (Å²) in [5.74, 6) is -0.569. The van der Waals surface area contributed by atoms with Crippen molar-refractivity contribution in [1.29, 1.82) is 0 Å². The number of hydrogen-bond donors (Lipinski definition) is 1. The lowest BCUT2D eigenvalue weighted by molar-refractivity contribution is -0.385. The van der Waals surface area contributed by atoms with E-state index in [0.717, 1.165) is 31.2 Å². The van der Waals surface area contributed by atoms with Crippen molar-refractivity contribution in [3.8, 4) is 0 Å². The first-order chi connectivity index (χ1) is 15.3. The van der Waals surface area contributed by atoms with Gasteiger partial charge in [-0.25, -0.2) is 0 Å². The van der Waals surface area contributed by atoms with Gasteiger partial charge in [0.05, 0.1) is 11.3 Å². The number of amides is 2.